The highest BCUT2D eigenvalue weighted by molar-refractivity contribution is 5.76. The van der Waals surface area contributed by atoms with Crippen LogP contribution in [0.2, 0.25) is 0 Å². The SMILES string of the molecule is CCC(NC(=O)CCc1ccc(C)cc1)c1ccc(C)cc1. The molecule has 0 radical (unpaired) electrons. The van der Waals surface area contributed by atoms with Crippen molar-refractivity contribution in [2.45, 2.75) is 46.1 Å². The average Bonchev–Trinajstić information content (AvgIpc) is 2.53. The lowest BCUT2D eigenvalue weighted by atomic mass is 10.0. The quantitative estimate of drug-likeness (QED) is 0.835. The van der Waals surface area contributed by atoms with Crippen LogP contribution in [-0.4, -0.2) is 5.91 Å². The topological polar surface area (TPSA) is 29.1 Å². The van der Waals surface area contributed by atoms with E-state index in [2.05, 4.69) is 74.6 Å². The lowest BCUT2D eigenvalue weighted by molar-refractivity contribution is -0.121. The molecule has 1 unspecified atom stereocenters. The van der Waals surface area contributed by atoms with Crippen molar-refractivity contribution in [3.8, 4) is 0 Å². The molecule has 0 aliphatic rings. The number of hydrogen-bond acceptors (Lipinski definition) is 1. The van der Waals surface area contributed by atoms with Gasteiger partial charge in [0.15, 0.2) is 0 Å². The van der Waals surface area contributed by atoms with E-state index in [0.29, 0.717) is 6.42 Å². The molecular formula is C20H25NO. The van der Waals surface area contributed by atoms with Crippen LogP contribution >= 0.6 is 0 Å². The van der Waals surface area contributed by atoms with Crippen molar-refractivity contribution in [3.05, 3.63) is 70.8 Å². The van der Waals surface area contributed by atoms with Crippen LogP contribution in [0.5, 0.6) is 0 Å². The summed E-state index contributed by atoms with van der Waals surface area (Å²) in [6.45, 7) is 6.25. The van der Waals surface area contributed by atoms with E-state index in [1.54, 1.807) is 0 Å². The molecule has 0 aliphatic heterocycles. The molecule has 0 saturated heterocycles. The largest absolute Gasteiger partial charge is 0.349 e. The van der Waals surface area contributed by atoms with Gasteiger partial charge in [0.05, 0.1) is 6.04 Å². The minimum Gasteiger partial charge on any atom is -0.349 e. The molecule has 22 heavy (non-hydrogen) atoms. The maximum atomic E-state index is 12.2. The summed E-state index contributed by atoms with van der Waals surface area (Å²) in [5.41, 5.74) is 4.88. The van der Waals surface area contributed by atoms with E-state index >= 15 is 0 Å². The number of benzene rings is 2. The van der Waals surface area contributed by atoms with Crippen LogP contribution in [0.15, 0.2) is 48.5 Å². The number of hydrogen-bond donors (Lipinski definition) is 1. The number of aryl methyl sites for hydroxylation is 3. The molecule has 0 fully saturated rings. The standard InChI is InChI=1S/C20H25NO/c1-4-19(18-12-7-16(3)8-13-18)21-20(22)14-11-17-9-5-15(2)6-10-17/h5-10,12-13,19H,4,11,14H2,1-3H3,(H,21,22). The Labute approximate surface area is 133 Å². The second kappa shape index (κ2) is 7.79. The molecule has 0 heterocycles. The van der Waals surface area contributed by atoms with Crippen LogP contribution in [0.3, 0.4) is 0 Å². The predicted octanol–water partition coefficient (Wildman–Crippen LogP) is 4.50. The average molecular weight is 295 g/mol. The summed E-state index contributed by atoms with van der Waals surface area (Å²) in [7, 11) is 0. The van der Waals surface area contributed by atoms with Gasteiger partial charge in [-0.3, -0.25) is 4.79 Å². The zero-order chi connectivity index (χ0) is 15.9. The molecule has 0 saturated carbocycles. The first kappa shape index (κ1) is 16.3. The summed E-state index contributed by atoms with van der Waals surface area (Å²) in [4.78, 5) is 12.2. The van der Waals surface area contributed by atoms with Gasteiger partial charge in [0, 0.05) is 6.42 Å². The van der Waals surface area contributed by atoms with Gasteiger partial charge in [-0.2, -0.15) is 0 Å². The van der Waals surface area contributed by atoms with E-state index in [4.69, 9.17) is 0 Å². The Morgan fingerprint density at radius 2 is 1.50 bits per heavy atom. The van der Waals surface area contributed by atoms with Gasteiger partial charge < -0.3 is 5.32 Å². The molecule has 2 aromatic carbocycles. The van der Waals surface area contributed by atoms with Crippen molar-refractivity contribution >= 4 is 5.91 Å². The number of carbonyl (C=O) groups is 1. The predicted molar refractivity (Wildman–Crippen MR) is 91.9 cm³/mol. The van der Waals surface area contributed by atoms with E-state index < -0.39 is 0 Å². The monoisotopic (exact) mass is 295 g/mol. The number of carbonyl (C=O) groups excluding carboxylic acids is 1. The van der Waals surface area contributed by atoms with Gasteiger partial charge in [0.2, 0.25) is 5.91 Å². The van der Waals surface area contributed by atoms with Crippen molar-refractivity contribution in [2.24, 2.45) is 0 Å². The first-order valence-electron chi connectivity index (χ1n) is 8.00. The van der Waals surface area contributed by atoms with Crippen LogP contribution in [0.1, 0.15) is 48.1 Å². The molecule has 2 aromatic rings. The second-order valence-corrected chi connectivity index (χ2v) is 5.92. The van der Waals surface area contributed by atoms with Gasteiger partial charge in [-0.15, -0.1) is 0 Å². The van der Waals surface area contributed by atoms with Gasteiger partial charge in [0.1, 0.15) is 0 Å². The normalized spacial score (nSPS) is 12.0. The van der Waals surface area contributed by atoms with Crippen LogP contribution in [0, 0.1) is 13.8 Å². The van der Waals surface area contributed by atoms with Crippen molar-refractivity contribution < 1.29 is 4.79 Å². The third-order valence-corrected chi connectivity index (χ3v) is 3.98. The van der Waals surface area contributed by atoms with Crippen LogP contribution in [-0.2, 0) is 11.2 Å². The Kier molecular flexibility index (Phi) is 5.76. The van der Waals surface area contributed by atoms with Crippen molar-refractivity contribution in [1.29, 1.82) is 0 Å². The van der Waals surface area contributed by atoms with Crippen molar-refractivity contribution in [3.63, 3.8) is 0 Å². The number of amides is 1. The third kappa shape index (κ3) is 4.73. The molecule has 2 nitrogen and oxygen atoms in total. The molecule has 2 heteroatoms. The first-order valence-corrected chi connectivity index (χ1v) is 8.00. The Morgan fingerprint density at radius 3 is 2.05 bits per heavy atom. The van der Waals surface area contributed by atoms with E-state index in [1.165, 1.54) is 22.3 Å². The lowest BCUT2D eigenvalue weighted by Gasteiger charge is -2.17. The van der Waals surface area contributed by atoms with Crippen molar-refractivity contribution in [1.82, 2.24) is 5.32 Å². The minimum atomic E-state index is 0.103. The minimum absolute atomic E-state index is 0.103. The highest BCUT2D eigenvalue weighted by Crippen LogP contribution is 2.17. The maximum absolute atomic E-state index is 12.2. The smallest absolute Gasteiger partial charge is 0.220 e. The third-order valence-electron chi connectivity index (χ3n) is 3.98. The van der Waals surface area contributed by atoms with Gasteiger partial charge in [-0.05, 0) is 37.8 Å². The number of rotatable bonds is 6. The zero-order valence-corrected chi connectivity index (χ0v) is 13.7. The fraction of sp³-hybridized carbons (Fsp3) is 0.350. The van der Waals surface area contributed by atoms with Crippen LogP contribution < -0.4 is 5.32 Å². The van der Waals surface area contributed by atoms with E-state index in [0.717, 1.165) is 12.8 Å². The summed E-state index contributed by atoms with van der Waals surface area (Å²) in [5.74, 6) is 0.119. The highest BCUT2D eigenvalue weighted by atomic mass is 16.1. The van der Waals surface area contributed by atoms with Crippen LogP contribution in [0.25, 0.3) is 0 Å². The highest BCUT2D eigenvalue weighted by Gasteiger charge is 2.12. The molecule has 1 amide bonds. The zero-order valence-electron chi connectivity index (χ0n) is 13.7. The number of nitrogens with one attached hydrogen (secondary N) is 1. The Balaban J connectivity index is 1.89. The molecule has 0 aromatic heterocycles. The van der Waals surface area contributed by atoms with Gasteiger partial charge in [0.25, 0.3) is 0 Å². The van der Waals surface area contributed by atoms with Gasteiger partial charge in [-0.1, -0.05) is 66.6 Å². The molecule has 1 atom stereocenters. The molecule has 2 rings (SSSR count). The Bertz CT molecular complexity index is 599. The summed E-state index contributed by atoms with van der Waals surface area (Å²) in [6, 6.07) is 16.9. The summed E-state index contributed by atoms with van der Waals surface area (Å²) < 4.78 is 0. The van der Waals surface area contributed by atoms with E-state index in [-0.39, 0.29) is 11.9 Å². The second-order valence-electron chi connectivity index (χ2n) is 5.92. The van der Waals surface area contributed by atoms with Crippen LogP contribution in [0.4, 0.5) is 0 Å². The lowest BCUT2D eigenvalue weighted by Crippen LogP contribution is -2.28. The fourth-order valence-electron chi connectivity index (χ4n) is 2.50. The molecule has 0 bridgehead atoms. The molecular weight excluding hydrogens is 270 g/mol. The van der Waals surface area contributed by atoms with Crippen molar-refractivity contribution in [2.75, 3.05) is 0 Å². The first-order chi connectivity index (χ1) is 10.6. The molecule has 1 N–H and O–H groups in total. The molecule has 0 spiro atoms. The van der Waals surface area contributed by atoms with Gasteiger partial charge in [-0.25, -0.2) is 0 Å². The fourth-order valence-corrected chi connectivity index (χ4v) is 2.50. The molecule has 116 valence electrons. The summed E-state index contributed by atoms with van der Waals surface area (Å²) in [6.07, 6.45) is 2.22. The van der Waals surface area contributed by atoms with E-state index in [9.17, 15) is 4.79 Å². The molecule has 0 aliphatic carbocycles. The maximum Gasteiger partial charge on any atom is 0.220 e. The Morgan fingerprint density at radius 1 is 0.955 bits per heavy atom. The summed E-state index contributed by atoms with van der Waals surface area (Å²) in [5, 5.41) is 3.15. The van der Waals surface area contributed by atoms with E-state index in [1.807, 2.05) is 0 Å². The summed E-state index contributed by atoms with van der Waals surface area (Å²) >= 11 is 0. The van der Waals surface area contributed by atoms with Gasteiger partial charge >= 0.3 is 0 Å². The Hall–Kier alpha value is -2.09.